The van der Waals surface area contributed by atoms with Crippen LogP contribution < -0.4 is 4.46 Å². The van der Waals surface area contributed by atoms with Crippen molar-refractivity contribution in [3.05, 3.63) is 29.8 Å². The Labute approximate surface area is 99.1 Å². The molecule has 0 aromatic heterocycles. The molecular weight excluding hydrogens is 332 g/mol. The Hall–Kier alpha value is -0.251. The van der Waals surface area contributed by atoms with E-state index in [1.807, 2.05) is 0 Å². The predicted octanol–water partition coefficient (Wildman–Crippen LogP) is 5.09. The molecule has 0 radical (unpaired) electrons. The van der Waals surface area contributed by atoms with Crippen LogP contribution in [0.15, 0.2) is 24.3 Å². The average Bonchev–Trinajstić information content (AvgIpc) is 2.82. The third-order valence-corrected chi connectivity index (χ3v) is 5.45. The van der Waals surface area contributed by atoms with Crippen LogP contribution in [0.1, 0.15) is 5.56 Å². The van der Waals surface area contributed by atoms with Gasteiger partial charge >= 0.3 is 98.7 Å². The summed E-state index contributed by atoms with van der Waals surface area (Å²) in [6.07, 6.45) is 0. The van der Waals surface area contributed by atoms with E-state index in [2.05, 4.69) is 31.2 Å². The molecule has 8 heteroatoms. The maximum atomic E-state index is 9.87. The Morgan fingerprint density at radius 3 is 1.53 bits per heavy atom. The monoisotopic (exact) mass is 344 g/mol. The molecule has 0 aliphatic carbocycles. The molecule has 17 heavy (non-hydrogen) atoms. The SMILES string of the molecule is Cc1ccc([Se+]2CC2)cc1.F[P-](F)(F)(F)(F)F. The predicted molar refractivity (Wildman–Crippen MR) is 59.7 cm³/mol. The summed E-state index contributed by atoms with van der Waals surface area (Å²) in [5, 5.41) is 3.06. The van der Waals surface area contributed by atoms with Gasteiger partial charge in [-0.05, 0) is 0 Å². The zero-order chi connectivity index (χ0) is 13.4. The second kappa shape index (κ2) is 3.87. The Morgan fingerprint density at radius 1 is 0.882 bits per heavy atom. The van der Waals surface area contributed by atoms with Gasteiger partial charge in [-0.2, -0.15) is 0 Å². The molecule has 0 saturated carbocycles. The standard InChI is InChI=1S/C9H11Se.F6P/c1-8-2-4-9(5-3-8)10-6-7-10;1-7(2,3,4,5)6/h2-5H,6-7H2,1H3;/q+1;-1. The first kappa shape index (κ1) is 14.8. The van der Waals surface area contributed by atoms with Gasteiger partial charge < -0.3 is 0 Å². The van der Waals surface area contributed by atoms with Crippen molar-refractivity contribution in [2.75, 3.05) is 0 Å². The molecule has 0 nitrogen and oxygen atoms in total. The molecule has 0 bridgehead atoms. The number of hydrogen-bond donors (Lipinski definition) is 0. The van der Waals surface area contributed by atoms with Gasteiger partial charge in [-0.3, -0.25) is 0 Å². The van der Waals surface area contributed by atoms with Crippen LogP contribution in [0.25, 0.3) is 0 Å². The van der Waals surface area contributed by atoms with Crippen LogP contribution >= 0.6 is 7.81 Å². The van der Waals surface area contributed by atoms with Crippen molar-refractivity contribution in [2.24, 2.45) is 0 Å². The molecule has 100 valence electrons. The van der Waals surface area contributed by atoms with E-state index >= 15 is 0 Å². The molecule has 1 aliphatic rings. The summed E-state index contributed by atoms with van der Waals surface area (Å²) >= 11 is -0.179. The Balaban J connectivity index is 0.000000185. The summed E-state index contributed by atoms with van der Waals surface area (Å²) in [6, 6.07) is 9.09. The number of rotatable bonds is 1. The summed E-state index contributed by atoms with van der Waals surface area (Å²) in [7, 11) is -10.7. The van der Waals surface area contributed by atoms with Crippen LogP contribution in [0, 0.1) is 6.92 Å². The molecule has 0 spiro atoms. The first-order valence-electron chi connectivity index (χ1n) is 4.62. The first-order valence-corrected chi connectivity index (χ1v) is 9.92. The molecular formula is C9H11F6PSe. The molecule has 1 fully saturated rings. The molecule has 0 N–H and O–H groups in total. The van der Waals surface area contributed by atoms with Crippen molar-refractivity contribution < 1.29 is 25.2 Å². The van der Waals surface area contributed by atoms with Crippen molar-refractivity contribution in [1.29, 1.82) is 0 Å². The Morgan fingerprint density at radius 2 is 1.24 bits per heavy atom. The quantitative estimate of drug-likeness (QED) is 0.378. The average molecular weight is 343 g/mol. The van der Waals surface area contributed by atoms with E-state index in [0.29, 0.717) is 0 Å². The van der Waals surface area contributed by atoms with Gasteiger partial charge in [0.25, 0.3) is 0 Å². The molecule has 1 aromatic carbocycles. The number of hydrogen-bond acceptors (Lipinski definition) is 0. The molecule has 2 rings (SSSR count). The second-order valence-electron chi connectivity index (χ2n) is 3.67. The van der Waals surface area contributed by atoms with Crippen LogP contribution in [-0.2, 0) is 0 Å². The van der Waals surface area contributed by atoms with Crippen molar-refractivity contribution in [1.82, 2.24) is 0 Å². The van der Waals surface area contributed by atoms with Crippen LogP contribution in [-0.4, -0.2) is 13.9 Å². The minimum absolute atomic E-state index is 0.179. The van der Waals surface area contributed by atoms with E-state index in [-0.39, 0.29) is 13.9 Å². The minimum atomic E-state index is -10.7. The summed E-state index contributed by atoms with van der Waals surface area (Å²) in [5.74, 6) is 0. The van der Waals surface area contributed by atoms with Gasteiger partial charge in [0, 0.05) is 0 Å². The second-order valence-corrected chi connectivity index (χ2v) is 10.4. The zero-order valence-corrected chi connectivity index (χ0v) is 11.5. The summed E-state index contributed by atoms with van der Waals surface area (Å²) < 4.78 is 60.9. The molecule has 1 aliphatic heterocycles. The number of aryl methyl sites for hydroxylation is 1. The fraction of sp³-hybridized carbons (Fsp3) is 0.333. The normalized spacial score (nSPS) is 19.7. The summed E-state index contributed by atoms with van der Waals surface area (Å²) in [4.78, 5) is 0. The molecule has 1 heterocycles. The van der Waals surface area contributed by atoms with Crippen molar-refractivity contribution >= 4 is 26.2 Å². The van der Waals surface area contributed by atoms with Gasteiger partial charge in [0.15, 0.2) is 0 Å². The fourth-order valence-corrected chi connectivity index (χ4v) is 4.17. The zero-order valence-electron chi connectivity index (χ0n) is 8.85. The topological polar surface area (TPSA) is 0 Å². The van der Waals surface area contributed by atoms with E-state index in [1.165, 1.54) is 16.2 Å². The van der Waals surface area contributed by atoms with Crippen LogP contribution in [0.2, 0.25) is 10.6 Å². The van der Waals surface area contributed by atoms with E-state index in [4.69, 9.17) is 0 Å². The van der Waals surface area contributed by atoms with Gasteiger partial charge in [-0.1, -0.05) is 0 Å². The van der Waals surface area contributed by atoms with Crippen molar-refractivity contribution in [2.45, 2.75) is 17.6 Å². The Bertz CT molecular complexity index is 379. The van der Waals surface area contributed by atoms with Crippen LogP contribution in [0.5, 0.6) is 0 Å². The molecule has 0 atom stereocenters. The van der Waals surface area contributed by atoms with Gasteiger partial charge in [0.2, 0.25) is 0 Å². The third-order valence-electron chi connectivity index (χ3n) is 1.76. The Kier molecular flexibility index (Phi) is 3.37. The number of halogens is 6. The molecule has 1 aromatic rings. The van der Waals surface area contributed by atoms with E-state index in [0.717, 1.165) is 0 Å². The van der Waals surface area contributed by atoms with E-state index in [1.54, 1.807) is 4.46 Å². The third kappa shape index (κ3) is 10.6. The van der Waals surface area contributed by atoms with Crippen molar-refractivity contribution in [3.8, 4) is 0 Å². The van der Waals surface area contributed by atoms with Crippen LogP contribution in [0.3, 0.4) is 0 Å². The van der Waals surface area contributed by atoms with Crippen molar-refractivity contribution in [3.63, 3.8) is 0 Å². The van der Waals surface area contributed by atoms with Gasteiger partial charge in [-0.15, -0.1) is 0 Å². The van der Waals surface area contributed by atoms with Gasteiger partial charge in [-0.25, -0.2) is 0 Å². The molecule has 0 unspecified atom stereocenters. The van der Waals surface area contributed by atoms with Gasteiger partial charge in [0.05, 0.1) is 0 Å². The number of benzene rings is 1. The fourth-order valence-electron chi connectivity index (χ4n) is 1.01. The van der Waals surface area contributed by atoms with Crippen LogP contribution in [0.4, 0.5) is 25.2 Å². The van der Waals surface area contributed by atoms with Gasteiger partial charge in [0.1, 0.15) is 0 Å². The summed E-state index contributed by atoms with van der Waals surface area (Å²) in [6.45, 7) is 2.15. The first-order chi connectivity index (χ1) is 7.31. The van der Waals surface area contributed by atoms with E-state index in [9.17, 15) is 25.2 Å². The maximum absolute atomic E-state index is 10.7. The molecule has 0 amide bonds. The van der Waals surface area contributed by atoms with E-state index < -0.39 is 7.81 Å². The summed E-state index contributed by atoms with van der Waals surface area (Å²) in [5.41, 5.74) is 1.39. The molecule has 1 saturated heterocycles.